The van der Waals surface area contributed by atoms with E-state index in [1.165, 1.54) is 12.8 Å². The number of piperidine rings is 1. The standard InChI is InChI=1S/C19H22ClN3O/c1-13-4-3-9-23(12-13)16-7-8-17(21-11-16)19(24)22-18-10-15(20)6-5-14(18)2/h5-8,10-11,13H,3-4,9,12H2,1-2H3,(H,22,24). The molecule has 2 aromatic rings. The number of carbonyl (C=O) groups is 1. The number of rotatable bonds is 3. The Balaban J connectivity index is 1.70. The monoisotopic (exact) mass is 343 g/mol. The summed E-state index contributed by atoms with van der Waals surface area (Å²) in [6.07, 6.45) is 4.28. The summed E-state index contributed by atoms with van der Waals surface area (Å²) in [5, 5.41) is 3.47. The van der Waals surface area contributed by atoms with Gasteiger partial charge in [-0.3, -0.25) is 4.79 Å². The molecule has 1 fully saturated rings. The Kier molecular flexibility index (Phi) is 5.05. The second kappa shape index (κ2) is 7.22. The van der Waals surface area contributed by atoms with Crippen molar-refractivity contribution in [3.63, 3.8) is 0 Å². The SMILES string of the molecule is Cc1ccc(Cl)cc1NC(=O)c1ccc(N2CCCC(C)C2)cn1. The van der Waals surface area contributed by atoms with Gasteiger partial charge in [-0.2, -0.15) is 0 Å². The summed E-state index contributed by atoms with van der Waals surface area (Å²) < 4.78 is 0. The third-order valence-corrected chi connectivity index (χ3v) is 4.69. The lowest BCUT2D eigenvalue weighted by Gasteiger charge is -2.32. The highest BCUT2D eigenvalue weighted by molar-refractivity contribution is 6.31. The number of nitrogens with zero attached hydrogens (tertiary/aromatic N) is 2. The van der Waals surface area contributed by atoms with Gasteiger partial charge in [0.25, 0.3) is 5.91 Å². The maximum atomic E-state index is 12.4. The molecule has 4 nitrogen and oxygen atoms in total. The second-order valence-electron chi connectivity index (χ2n) is 6.51. The molecule has 24 heavy (non-hydrogen) atoms. The minimum atomic E-state index is -0.223. The van der Waals surface area contributed by atoms with Crippen LogP contribution < -0.4 is 10.2 Å². The van der Waals surface area contributed by atoms with Crippen molar-refractivity contribution < 1.29 is 4.79 Å². The number of hydrogen-bond acceptors (Lipinski definition) is 3. The molecule has 1 aromatic heterocycles. The third-order valence-electron chi connectivity index (χ3n) is 4.45. The summed E-state index contributed by atoms with van der Waals surface area (Å²) >= 11 is 5.99. The minimum absolute atomic E-state index is 0.223. The fourth-order valence-electron chi connectivity index (χ4n) is 3.05. The zero-order valence-corrected chi connectivity index (χ0v) is 14.8. The van der Waals surface area contributed by atoms with Gasteiger partial charge in [0.15, 0.2) is 0 Å². The molecule has 0 bridgehead atoms. The fourth-order valence-corrected chi connectivity index (χ4v) is 3.22. The lowest BCUT2D eigenvalue weighted by atomic mass is 10.00. The minimum Gasteiger partial charge on any atom is -0.370 e. The molecule has 2 heterocycles. The average molecular weight is 344 g/mol. The molecule has 0 saturated carbocycles. The van der Waals surface area contributed by atoms with E-state index in [1.807, 2.05) is 19.1 Å². The molecule has 126 valence electrons. The quantitative estimate of drug-likeness (QED) is 0.890. The summed E-state index contributed by atoms with van der Waals surface area (Å²) in [5.74, 6) is 0.478. The zero-order valence-electron chi connectivity index (χ0n) is 14.1. The van der Waals surface area contributed by atoms with Crippen LogP contribution in [0.4, 0.5) is 11.4 Å². The van der Waals surface area contributed by atoms with Gasteiger partial charge in [0.1, 0.15) is 5.69 Å². The van der Waals surface area contributed by atoms with Crippen molar-refractivity contribution in [2.75, 3.05) is 23.3 Å². The number of carbonyl (C=O) groups excluding carboxylic acids is 1. The molecule has 5 heteroatoms. The molecular formula is C19H22ClN3O. The van der Waals surface area contributed by atoms with Crippen LogP contribution in [0.15, 0.2) is 36.5 Å². The van der Waals surface area contributed by atoms with Crippen molar-refractivity contribution in [3.05, 3.63) is 52.8 Å². The van der Waals surface area contributed by atoms with Crippen LogP contribution in [0.2, 0.25) is 5.02 Å². The molecule has 1 aromatic carbocycles. The number of nitrogens with one attached hydrogen (secondary N) is 1. The number of anilines is 2. The number of benzene rings is 1. The molecule has 1 amide bonds. The summed E-state index contributed by atoms with van der Waals surface area (Å²) in [6, 6.07) is 9.19. The lowest BCUT2D eigenvalue weighted by Crippen LogP contribution is -2.34. The molecule has 3 rings (SSSR count). The van der Waals surface area contributed by atoms with Crippen LogP contribution in [0.5, 0.6) is 0 Å². The molecule has 1 N–H and O–H groups in total. The van der Waals surface area contributed by atoms with Crippen molar-refractivity contribution in [1.29, 1.82) is 0 Å². The van der Waals surface area contributed by atoms with Crippen molar-refractivity contribution in [2.45, 2.75) is 26.7 Å². The Labute approximate surface area is 147 Å². The van der Waals surface area contributed by atoms with Gasteiger partial charge in [-0.1, -0.05) is 24.6 Å². The number of amides is 1. The Morgan fingerprint density at radius 2 is 2.17 bits per heavy atom. The van der Waals surface area contributed by atoms with Crippen LogP contribution in [0.1, 0.15) is 35.8 Å². The second-order valence-corrected chi connectivity index (χ2v) is 6.94. The van der Waals surface area contributed by atoms with Crippen LogP contribution in [0.25, 0.3) is 0 Å². The van der Waals surface area contributed by atoms with Crippen LogP contribution in [-0.2, 0) is 0 Å². The van der Waals surface area contributed by atoms with Gasteiger partial charge in [0, 0.05) is 23.8 Å². The number of hydrogen-bond donors (Lipinski definition) is 1. The van der Waals surface area contributed by atoms with Crippen molar-refractivity contribution in [1.82, 2.24) is 4.98 Å². The third kappa shape index (κ3) is 3.88. The molecule has 1 aliphatic rings. The van der Waals surface area contributed by atoms with E-state index >= 15 is 0 Å². The molecule has 1 saturated heterocycles. The average Bonchev–Trinajstić information content (AvgIpc) is 2.58. The smallest absolute Gasteiger partial charge is 0.274 e. The highest BCUT2D eigenvalue weighted by Crippen LogP contribution is 2.23. The van der Waals surface area contributed by atoms with Crippen LogP contribution in [-0.4, -0.2) is 24.0 Å². The largest absolute Gasteiger partial charge is 0.370 e. The van der Waals surface area contributed by atoms with E-state index in [4.69, 9.17) is 11.6 Å². The predicted octanol–water partition coefficient (Wildman–Crippen LogP) is 4.53. The number of aryl methyl sites for hydroxylation is 1. The maximum absolute atomic E-state index is 12.4. The van der Waals surface area contributed by atoms with Gasteiger partial charge in [0.05, 0.1) is 11.9 Å². The van der Waals surface area contributed by atoms with Crippen LogP contribution >= 0.6 is 11.6 Å². The van der Waals surface area contributed by atoms with E-state index in [9.17, 15) is 4.79 Å². The Bertz CT molecular complexity index is 730. The Morgan fingerprint density at radius 1 is 1.33 bits per heavy atom. The molecule has 1 unspecified atom stereocenters. The van der Waals surface area contributed by atoms with Crippen molar-refractivity contribution in [3.8, 4) is 0 Å². The van der Waals surface area contributed by atoms with Gasteiger partial charge in [-0.05, 0) is 55.5 Å². The molecule has 0 aliphatic carbocycles. The summed E-state index contributed by atoms with van der Waals surface area (Å²) in [7, 11) is 0. The van der Waals surface area contributed by atoms with E-state index in [-0.39, 0.29) is 5.91 Å². The predicted molar refractivity (Wildman–Crippen MR) is 99.0 cm³/mol. The number of halogens is 1. The van der Waals surface area contributed by atoms with Crippen molar-refractivity contribution in [2.24, 2.45) is 5.92 Å². The van der Waals surface area contributed by atoms with E-state index in [1.54, 1.807) is 24.4 Å². The molecule has 0 spiro atoms. The van der Waals surface area contributed by atoms with Gasteiger partial charge >= 0.3 is 0 Å². The zero-order chi connectivity index (χ0) is 17.1. The molecule has 1 atom stereocenters. The van der Waals surface area contributed by atoms with Gasteiger partial charge < -0.3 is 10.2 Å². The fraction of sp³-hybridized carbons (Fsp3) is 0.368. The number of pyridine rings is 1. The maximum Gasteiger partial charge on any atom is 0.274 e. The first-order chi connectivity index (χ1) is 11.5. The van der Waals surface area contributed by atoms with E-state index in [0.717, 1.165) is 24.3 Å². The first-order valence-electron chi connectivity index (χ1n) is 8.31. The van der Waals surface area contributed by atoms with E-state index < -0.39 is 0 Å². The van der Waals surface area contributed by atoms with Gasteiger partial charge in [0.2, 0.25) is 0 Å². The number of aromatic nitrogens is 1. The van der Waals surface area contributed by atoms with E-state index in [2.05, 4.69) is 22.1 Å². The van der Waals surface area contributed by atoms with Gasteiger partial charge in [-0.15, -0.1) is 0 Å². The van der Waals surface area contributed by atoms with Crippen LogP contribution in [0.3, 0.4) is 0 Å². The Hall–Kier alpha value is -2.07. The highest BCUT2D eigenvalue weighted by atomic mass is 35.5. The molecule has 1 aliphatic heterocycles. The van der Waals surface area contributed by atoms with E-state index in [0.29, 0.717) is 22.3 Å². The molecular weight excluding hydrogens is 322 g/mol. The first-order valence-corrected chi connectivity index (χ1v) is 8.69. The Morgan fingerprint density at radius 3 is 2.88 bits per heavy atom. The highest BCUT2D eigenvalue weighted by Gasteiger charge is 2.17. The summed E-state index contributed by atoms with van der Waals surface area (Å²) in [5.41, 5.74) is 3.16. The van der Waals surface area contributed by atoms with Crippen molar-refractivity contribution >= 4 is 28.9 Å². The van der Waals surface area contributed by atoms with Gasteiger partial charge in [-0.25, -0.2) is 4.98 Å². The molecule has 0 radical (unpaired) electrons. The topological polar surface area (TPSA) is 45.2 Å². The first kappa shape index (κ1) is 16.8. The lowest BCUT2D eigenvalue weighted by molar-refractivity contribution is 0.102. The van der Waals surface area contributed by atoms with Crippen LogP contribution in [0, 0.1) is 12.8 Å². The summed E-state index contributed by atoms with van der Waals surface area (Å²) in [4.78, 5) is 19.1. The summed E-state index contributed by atoms with van der Waals surface area (Å²) in [6.45, 7) is 6.31. The normalized spacial score (nSPS) is 17.6.